The van der Waals surface area contributed by atoms with Crippen LogP contribution in [0.15, 0.2) is 42.5 Å². The molecule has 0 bridgehead atoms. The molecule has 4 nitrogen and oxygen atoms in total. The van der Waals surface area contributed by atoms with Gasteiger partial charge in [0.15, 0.2) is 5.69 Å². The topological polar surface area (TPSA) is 44.1 Å². The second kappa shape index (κ2) is 9.51. The Kier molecular flexibility index (Phi) is 6.54. The van der Waals surface area contributed by atoms with Crippen molar-refractivity contribution in [2.75, 3.05) is 6.61 Å². The van der Waals surface area contributed by atoms with Gasteiger partial charge in [-0.3, -0.25) is 0 Å². The number of aromatic nitrogens is 2. The van der Waals surface area contributed by atoms with Gasteiger partial charge in [0.2, 0.25) is 0 Å². The summed E-state index contributed by atoms with van der Waals surface area (Å²) in [7, 11) is 0. The first kappa shape index (κ1) is 22.0. The Morgan fingerprint density at radius 1 is 1.09 bits per heavy atom. The molecule has 1 aliphatic rings. The van der Waals surface area contributed by atoms with E-state index in [0.29, 0.717) is 12.3 Å². The number of ether oxygens (including phenoxy) is 1. The molecule has 4 rings (SSSR count). The number of fused-ring (bicyclic) bond motifs is 1. The van der Waals surface area contributed by atoms with Crippen LogP contribution in [0.25, 0.3) is 17.3 Å². The Morgan fingerprint density at radius 3 is 2.56 bits per heavy atom. The molecule has 166 valence electrons. The van der Waals surface area contributed by atoms with E-state index in [4.69, 9.17) is 9.84 Å². The van der Waals surface area contributed by atoms with Gasteiger partial charge >= 0.3 is 5.97 Å². The van der Waals surface area contributed by atoms with E-state index >= 15 is 0 Å². The van der Waals surface area contributed by atoms with Crippen LogP contribution in [0, 0.1) is 19.7 Å². The van der Waals surface area contributed by atoms with Gasteiger partial charge in [-0.25, -0.2) is 13.9 Å². The maximum absolute atomic E-state index is 13.5. The molecule has 0 unspecified atom stereocenters. The minimum absolute atomic E-state index is 0.254. The molecule has 0 amide bonds. The summed E-state index contributed by atoms with van der Waals surface area (Å²) in [5.74, 6) is -0.635. The van der Waals surface area contributed by atoms with Crippen molar-refractivity contribution < 1.29 is 13.9 Å². The van der Waals surface area contributed by atoms with Crippen LogP contribution >= 0.6 is 0 Å². The molecule has 0 atom stereocenters. The minimum Gasteiger partial charge on any atom is -0.461 e. The van der Waals surface area contributed by atoms with E-state index in [9.17, 15) is 9.18 Å². The molecular weight excluding hydrogens is 403 g/mol. The van der Waals surface area contributed by atoms with Crippen LogP contribution in [0.5, 0.6) is 0 Å². The molecule has 0 radical (unpaired) electrons. The summed E-state index contributed by atoms with van der Waals surface area (Å²) in [6, 6.07) is 12.8. The van der Waals surface area contributed by atoms with E-state index in [1.54, 1.807) is 12.1 Å². The van der Waals surface area contributed by atoms with Crippen molar-refractivity contribution in [3.8, 4) is 5.69 Å². The number of carbonyl (C=O) groups is 1. The first-order chi connectivity index (χ1) is 15.5. The van der Waals surface area contributed by atoms with E-state index in [-0.39, 0.29) is 11.8 Å². The van der Waals surface area contributed by atoms with Crippen molar-refractivity contribution in [2.45, 2.75) is 52.9 Å². The summed E-state index contributed by atoms with van der Waals surface area (Å²) in [5, 5.41) is 4.80. The van der Waals surface area contributed by atoms with Gasteiger partial charge in [0.1, 0.15) is 5.82 Å². The third-order valence-corrected chi connectivity index (χ3v) is 5.92. The smallest absolute Gasteiger partial charge is 0.359 e. The number of benzene rings is 2. The van der Waals surface area contributed by atoms with Gasteiger partial charge < -0.3 is 4.74 Å². The molecule has 0 fully saturated rings. The number of esters is 1. The zero-order valence-electron chi connectivity index (χ0n) is 19.0. The zero-order valence-corrected chi connectivity index (χ0v) is 19.0. The lowest BCUT2D eigenvalue weighted by Crippen LogP contribution is -2.09. The molecule has 32 heavy (non-hydrogen) atoms. The molecule has 2 aromatic carbocycles. The summed E-state index contributed by atoms with van der Waals surface area (Å²) in [4.78, 5) is 12.8. The average molecular weight is 433 g/mol. The Hall–Kier alpha value is -3.21. The Balaban J connectivity index is 1.96. The number of halogens is 1. The summed E-state index contributed by atoms with van der Waals surface area (Å²) in [5.41, 5.74) is 7.55. The fraction of sp³-hybridized carbons (Fsp3) is 0.333. The standard InChI is InChI=1S/C27H29FN2O2/c1-4-32-27(31)25-23-9-7-5-6-8-21(17-20-11-13-22(28)14-12-20)26(23)30(29-25)24-15-10-18(2)16-19(24)3/h10-17H,4-9H2,1-3H3/b21-17+. The van der Waals surface area contributed by atoms with Gasteiger partial charge in [0, 0.05) is 5.56 Å². The minimum atomic E-state index is -0.381. The first-order valence-corrected chi connectivity index (χ1v) is 11.3. The molecule has 1 heterocycles. The van der Waals surface area contributed by atoms with Gasteiger partial charge in [0.25, 0.3) is 0 Å². The highest BCUT2D eigenvalue weighted by Gasteiger charge is 2.28. The Labute approximate surface area is 188 Å². The second-order valence-electron chi connectivity index (χ2n) is 8.38. The molecule has 0 N–H and O–H groups in total. The van der Waals surface area contributed by atoms with E-state index in [2.05, 4.69) is 38.1 Å². The molecule has 0 spiro atoms. The number of allylic oxidation sites excluding steroid dienone is 1. The van der Waals surface area contributed by atoms with Gasteiger partial charge in [-0.2, -0.15) is 5.10 Å². The quantitative estimate of drug-likeness (QED) is 0.444. The molecule has 1 aliphatic carbocycles. The second-order valence-corrected chi connectivity index (χ2v) is 8.38. The zero-order chi connectivity index (χ0) is 22.7. The molecule has 0 saturated heterocycles. The number of aryl methyl sites for hydroxylation is 2. The summed E-state index contributed by atoms with van der Waals surface area (Å²) >= 11 is 0. The summed E-state index contributed by atoms with van der Waals surface area (Å²) in [6.07, 6.45) is 6.87. The highest BCUT2D eigenvalue weighted by atomic mass is 19.1. The van der Waals surface area contributed by atoms with Crippen LogP contribution in [-0.2, 0) is 11.2 Å². The number of hydrogen-bond acceptors (Lipinski definition) is 3. The highest BCUT2D eigenvalue weighted by molar-refractivity contribution is 5.92. The molecular formula is C27H29FN2O2. The maximum atomic E-state index is 13.5. The van der Waals surface area contributed by atoms with Gasteiger partial charge in [-0.1, -0.05) is 36.2 Å². The van der Waals surface area contributed by atoms with Crippen molar-refractivity contribution >= 4 is 17.6 Å². The monoisotopic (exact) mass is 432 g/mol. The van der Waals surface area contributed by atoms with Crippen LogP contribution in [0.2, 0.25) is 0 Å². The average Bonchev–Trinajstić information content (AvgIpc) is 3.11. The number of hydrogen-bond donors (Lipinski definition) is 0. The van der Waals surface area contributed by atoms with Crippen LogP contribution in [0.3, 0.4) is 0 Å². The largest absolute Gasteiger partial charge is 0.461 e. The fourth-order valence-electron chi connectivity index (χ4n) is 4.41. The number of carbonyl (C=O) groups excluding carboxylic acids is 1. The molecule has 3 aromatic rings. The third kappa shape index (κ3) is 4.52. The summed E-state index contributed by atoms with van der Waals surface area (Å²) < 4.78 is 20.7. The van der Waals surface area contributed by atoms with Gasteiger partial charge in [0.05, 0.1) is 18.0 Å². The SMILES string of the molecule is CCOC(=O)c1nn(-c2ccc(C)cc2C)c2c1CCCCC/C2=C\c1ccc(F)cc1. The van der Waals surface area contributed by atoms with Crippen LogP contribution in [0.4, 0.5) is 4.39 Å². The van der Waals surface area contributed by atoms with Crippen molar-refractivity contribution in [2.24, 2.45) is 0 Å². The maximum Gasteiger partial charge on any atom is 0.359 e. The van der Waals surface area contributed by atoms with Crippen molar-refractivity contribution in [3.63, 3.8) is 0 Å². The fourth-order valence-corrected chi connectivity index (χ4v) is 4.41. The molecule has 1 aromatic heterocycles. The Morgan fingerprint density at radius 2 is 1.84 bits per heavy atom. The van der Waals surface area contributed by atoms with E-state index < -0.39 is 0 Å². The Bertz CT molecular complexity index is 1160. The first-order valence-electron chi connectivity index (χ1n) is 11.3. The molecule has 5 heteroatoms. The van der Waals surface area contributed by atoms with Crippen LogP contribution in [-0.4, -0.2) is 22.4 Å². The van der Waals surface area contributed by atoms with E-state index in [0.717, 1.165) is 65.7 Å². The molecule has 0 saturated carbocycles. The van der Waals surface area contributed by atoms with Crippen molar-refractivity contribution in [3.05, 3.63) is 81.9 Å². The molecule has 0 aliphatic heterocycles. The van der Waals surface area contributed by atoms with Gasteiger partial charge in [-0.15, -0.1) is 0 Å². The summed E-state index contributed by atoms with van der Waals surface area (Å²) in [6.45, 7) is 6.24. The lowest BCUT2D eigenvalue weighted by Gasteiger charge is -2.18. The van der Waals surface area contributed by atoms with E-state index in [1.807, 2.05) is 11.6 Å². The van der Waals surface area contributed by atoms with Crippen LogP contribution < -0.4 is 0 Å². The normalized spacial score (nSPS) is 15.2. The van der Waals surface area contributed by atoms with E-state index in [1.165, 1.54) is 17.7 Å². The lowest BCUT2D eigenvalue weighted by molar-refractivity contribution is 0.0517. The predicted octanol–water partition coefficient (Wildman–Crippen LogP) is 6.46. The third-order valence-electron chi connectivity index (χ3n) is 5.92. The number of nitrogens with zero attached hydrogens (tertiary/aromatic N) is 2. The van der Waals surface area contributed by atoms with Crippen LogP contribution in [0.1, 0.15) is 71.0 Å². The predicted molar refractivity (Wildman–Crippen MR) is 125 cm³/mol. The lowest BCUT2D eigenvalue weighted by atomic mass is 9.91. The number of rotatable bonds is 4. The van der Waals surface area contributed by atoms with Crippen molar-refractivity contribution in [1.29, 1.82) is 0 Å². The van der Waals surface area contributed by atoms with Crippen molar-refractivity contribution in [1.82, 2.24) is 9.78 Å². The van der Waals surface area contributed by atoms with Gasteiger partial charge in [-0.05, 0) is 87.4 Å². The highest BCUT2D eigenvalue weighted by Crippen LogP contribution is 2.35.